The molecule has 0 unspecified atom stereocenters. The average Bonchev–Trinajstić information content (AvgIpc) is 3.11. The molecule has 1 aromatic carbocycles. The summed E-state index contributed by atoms with van der Waals surface area (Å²) in [5.41, 5.74) is 0.772. The first-order valence-electron chi connectivity index (χ1n) is 8.66. The molecule has 1 N–H and O–H groups in total. The summed E-state index contributed by atoms with van der Waals surface area (Å²) < 4.78 is 27.2. The predicted molar refractivity (Wildman–Crippen MR) is 109 cm³/mol. The Kier molecular flexibility index (Phi) is 6.81. The van der Waals surface area contributed by atoms with Gasteiger partial charge in [0.2, 0.25) is 5.91 Å². The van der Waals surface area contributed by atoms with Crippen molar-refractivity contribution in [1.82, 2.24) is 9.62 Å². The number of thiophene rings is 1. The van der Waals surface area contributed by atoms with Gasteiger partial charge in [-0.1, -0.05) is 35.7 Å². The summed E-state index contributed by atoms with van der Waals surface area (Å²) in [5, 5.41) is 3.83. The fourth-order valence-electron chi connectivity index (χ4n) is 2.90. The molecule has 146 valence electrons. The summed E-state index contributed by atoms with van der Waals surface area (Å²) in [6, 6.07) is 8.40. The van der Waals surface area contributed by atoms with Crippen LogP contribution in [0, 0.1) is 0 Å². The van der Waals surface area contributed by atoms with Gasteiger partial charge in [-0.05, 0) is 42.7 Å². The average molecular weight is 447 g/mol. The highest BCUT2D eigenvalue weighted by atomic mass is 35.5. The first kappa shape index (κ1) is 20.6. The zero-order chi connectivity index (χ0) is 19.4. The number of amides is 1. The van der Waals surface area contributed by atoms with Crippen LogP contribution in [0.4, 0.5) is 0 Å². The van der Waals surface area contributed by atoms with E-state index in [0.717, 1.165) is 36.2 Å². The number of hydrogen-bond acceptors (Lipinski definition) is 4. The lowest BCUT2D eigenvalue weighted by atomic mass is 10.2. The summed E-state index contributed by atoms with van der Waals surface area (Å²) in [6.45, 7) is 1.43. The minimum Gasteiger partial charge on any atom is -0.352 e. The zero-order valence-corrected chi connectivity index (χ0v) is 17.7. The van der Waals surface area contributed by atoms with E-state index in [-0.39, 0.29) is 12.3 Å². The molecule has 2 heterocycles. The van der Waals surface area contributed by atoms with E-state index in [9.17, 15) is 13.2 Å². The quantitative estimate of drug-likeness (QED) is 0.726. The van der Waals surface area contributed by atoms with Gasteiger partial charge in [-0.3, -0.25) is 4.79 Å². The van der Waals surface area contributed by atoms with Crippen LogP contribution in [0.1, 0.15) is 29.7 Å². The first-order chi connectivity index (χ1) is 12.9. The molecule has 1 aliphatic heterocycles. The monoisotopic (exact) mass is 446 g/mol. The topological polar surface area (TPSA) is 66.5 Å². The maximum absolute atomic E-state index is 12.7. The van der Waals surface area contributed by atoms with Crippen LogP contribution in [0.2, 0.25) is 10.0 Å². The van der Waals surface area contributed by atoms with Crippen molar-refractivity contribution in [3.63, 3.8) is 0 Å². The lowest BCUT2D eigenvalue weighted by Crippen LogP contribution is -2.35. The van der Waals surface area contributed by atoms with Crippen LogP contribution in [0.5, 0.6) is 0 Å². The number of hydrogen-bond donors (Lipinski definition) is 1. The highest BCUT2D eigenvalue weighted by molar-refractivity contribution is 7.91. The highest BCUT2D eigenvalue weighted by Gasteiger charge is 2.27. The van der Waals surface area contributed by atoms with E-state index in [4.69, 9.17) is 23.2 Å². The van der Waals surface area contributed by atoms with Crippen molar-refractivity contribution in [3.05, 3.63) is 50.8 Å². The summed E-state index contributed by atoms with van der Waals surface area (Å²) in [7, 11) is -3.45. The van der Waals surface area contributed by atoms with E-state index in [1.807, 2.05) is 0 Å². The van der Waals surface area contributed by atoms with Crippen molar-refractivity contribution in [3.8, 4) is 0 Å². The summed E-state index contributed by atoms with van der Waals surface area (Å²) >= 11 is 13.1. The fourth-order valence-corrected chi connectivity index (χ4v) is 6.41. The molecule has 3 rings (SSSR count). The van der Waals surface area contributed by atoms with Crippen LogP contribution in [-0.4, -0.2) is 31.7 Å². The van der Waals surface area contributed by atoms with Crippen LogP contribution >= 0.6 is 34.5 Å². The molecule has 0 radical (unpaired) electrons. The van der Waals surface area contributed by atoms with Crippen LogP contribution in [0.3, 0.4) is 0 Å². The number of rotatable bonds is 6. The highest BCUT2D eigenvalue weighted by Crippen LogP contribution is 2.27. The second kappa shape index (κ2) is 8.92. The van der Waals surface area contributed by atoms with Gasteiger partial charge in [-0.25, -0.2) is 8.42 Å². The molecule has 0 bridgehead atoms. The Balaban J connectivity index is 1.59. The molecular formula is C18H20Cl2N2O3S2. The van der Waals surface area contributed by atoms with Crippen molar-refractivity contribution in [2.45, 2.75) is 36.4 Å². The van der Waals surface area contributed by atoms with E-state index < -0.39 is 10.0 Å². The molecule has 1 saturated heterocycles. The smallest absolute Gasteiger partial charge is 0.252 e. The molecular weight excluding hydrogens is 427 g/mol. The van der Waals surface area contributed by atoms with Crippen molar-refractivity contribution < 1.29 is 13.2 Å². The summed E-state index contributed by atoms with van der Waals surface area (Å²) in [4.78, 5) is 12.9. The Morgan fingerprint density at radius 2 is 1.85 bits per heavy atom. The van der Waals surface area contributed by atoms with Gasteiger partial charge in [0.05, 0.1) is 6.42 Å². The Morgan fingerprint density at radius 1 is 1.11 bits per heavy atom. The number of carbonyl (C=O) groups excluding carboxylic acids is 1. The maximum Gasteiger partial charge on any atom is 0.252 e. The Bertz CT molecular complexity index is 922. The predicted octanol–water partition coefficient (Wildman–Crippen LogP) is 4.09. The van der Waals surface area contributed by atoms with Crippen LogP contribution < -0.4 is 5.32 Å². The second-order valence-corrected chi connectivity index (χ2v) is 10.6. The summed E-state index contributed by atoms with van der Waals surface area (Å²) in [5.74, 6) is -0.190. The van der Waals surface area contributed by atoms with E-state index in [1.165, 1.54) is 4.31 Å². The number of nitrogens with one attached hydrogen (secondary N) is 1. The number of carbonyl (C=O) groups is 1. The molecule has 9 heteroatoms. The number of sulfonamides is 1. The third-order valence-electron chi connectivity index (χ3n) is 4.37. The molecule has 5 nitrogen and oxygen atoms in total. The normalized spacial score (nSPS) is 15.6. The van der Waals surface area contributed by atoms with E-state index in [2.05, 4.69) is 5.32 Å². The van der Waals surface area contributed by atoms with Crippen LogP contribution in [0.15, 0.2) is 34.5 Å². The van der Waals surface area contributed by atoms with Crippen molar-refractivity contribution in [2.24, 2.45) is 0 Å². The lowest BCUT2D eigenvalue weighted by molar-refractivity contribution is -0.120. The largest absolute Gasteiger partial charge is 0.352 e. The van der Waals surface area contributed by atoms with Gasteiger partial charge in [-0.2, -0.15) is 4.31 Å². The third kappa shape index (κ3) is 5.23. The molecule has 1 aliphatic rings. The third-order valence-corrected chi connectivity index (χ3v) is 8.41. The Labute approximate surface area is 173 Å². The molecule has 0 saturated carbocycles. The van der Waals surface area contributed by atoms with Crippen LogP contribution in [0.25, 0.3) is 0 Å². The number of halogens is 2. The van der Waals surface area contributed by atoms with Gasteiger partial charge in [0.15, 0.2) is 0 Å². The first-order valence-corrected chi connectivity index (χ1v) is 11.7. The van der Waals surface area contributed by atoms with E-state index in [1.54, 1.807) is 30.3 Å². The van der Waals surface area contributed by atoms with Gasteiger partial charge < -0.3 is 5.32 Å². The molecule has 0 atom stereocenters. The van der Waals surface area contributed by atoms with Gasteiger partial charge in [0.25, 0.3) is 10.0 Å². The lowest BCUT2D eigenvalue weighted by Gasteiger charge is -2.25. The van der Waals surface area contributed by atoms with Gasteiger partial charge >= 0.3 is 0 Å². The SMILES string of the molecule is O=C(Cc1ccc(S(=O)(=O)N2CCCCC2)s1)NCc1ccc(Cl)cc1Cl. The summed E-state index contributed by atoms with van der Waals surface area (Å²) in [6.07, 6.45) is 2.99. The number of nitrogens with zero attached hydrogens (tertiary/aromatic N) is 1. The van der Waals surface area contributed by atoms with E-state index >= 15 is 0 Å². The second-order valence-electron chi connectivity index (χ2n) is 6.37. The van der Waals surface area contributed by atoms with Crippen molar-refractivity contribution >= 4 is 50.5 Å². The number of piperidine rings is 1. The number of benzene rings is 1. The Hall–Kier alpha value is -1.12. The maximum atomic E-state index is 12.7. The van der Waals surface area contributed by atoms with Gasteiger partial charge in [0, 0.05) is 34.6 Å². The minimum atomic E-state index is -3.45. The van der Waals surface area contributed by atoms with Crippen LogP contribution in [-0.2, 0) is 27.8 Å². The van der Waals surface area contributed by atoms with Crippen molar-refractivity contribution in [2.75, 3.05) is 13.1 Å². The standard InChI is InChI=1S/C18H20Cl2N2O3S2/c19-14-5-4-13(16(20)10-14)12-21-17(23)11-15-6-7-18(26-15)27(24,25)22-8-2-1-3-9-22/h4-7,10H,1-3,8-9,11-12H2,(H,21,23). The molecule has 0 spiro atoms. The molecule has 1 amide bonds. The Morgan fingerprint density at radius 3 is 2.56 bits per heavy atom. The molecule has 1 aromatic heterocycles. The minimum absolute atomic E-state index is 0.130. The molecule has 2 aromatic rings. The van der Waals surface area contributed by atoms with E-state index in [0.29, 0.717) is 38.8 Å². The fraction of sp³-hybridized carbons (Fsp3) is 0.389. The van der Waals surface area contributed by atoms with Gasteiger partial charge in [0.1, 0.15) is 4.21 Å². The van der Waals surface area contributed by atoms with Crippen molar-refractivity contribution in [1.29, 1.82) is 0 Å². The molecule has 1 fully saturated rings. The van der Waals surface area contributed by atoms with Gasteiger partial charge in [-0.15, -0.1) is 11.3 Å². The molecule has 27 heavy (non-hydrogen) atoms. The molecule has 0 aliphatic carbocycles. The zero-order valence-electron chi connectivity index (χ0n) is 14.6.